The molecule has 2 aliphatic rings. The molecule has 0 spiro atoms. The summed E-state index contributed by atoms with van der Waals surface area (Å²) < 4.78 is 1.06. The Bertz CT molecular complexity index is 606. The molecule has 2 heterocycles. The number of aliphatic imine (C=N–C) groups is 1. The number of likely N-dealkylation sites (N-methyl/N-ethyl adjacent to an activating group) is 1. The van der Waals surface area contributed by atoms with E-state index in [-0.39, 0.29) is 6.04 Å². The van der Waals surface area contributed by atoms with E-state index in [9.17, 15) is 0 Å². The number of benzene rings is 1. The Morgan fingerprint density at radius 3 is 2.64 bits per heavy atom. The first kappa shape index (κ1) is 15.4. The second-order valence-corrected chi connectivity index (χ2v) is 6.63. The van der Waals surface area contributed by atoms with E-state index in [1.54, 1.807) is 7.05 Å². The van der Waals surface area contributed by atoms with E-state index in [4.69, 9.17) is 4.99 Å². The van der Waals surface area contributed by atoms with Crippen molar-refractivity contribution in [2.75, 3.05) is 40.3 Å². The normalized spacial score (nSPS) is 22.9. The van der Waals surface area contributed by atoms with Crippen LogP contribution in [0.1, 0.15) is 18.5 Å². The van der Waals surface area contributed by atoms with Gasteiger partial charge in [0.1, 0.15) is 0 Å². The number of rotatable bonds is 1. The molecule has 22 heavy (non-hydrogen) atoms. The van der Waals surface area contributed by atoms with Crippen LogP contribution < -0.4 is 0 Å². The van der Waals surface area contributed by atoms with Crippen LogP contribution in [0, 0.1) is 0 Å². The minimum absolute atomic E-state index is 0.114. The van der Waals surface area contributed by atoms with Crippen LogP contribution in [0.3, 0.4) is 0 Å². The van der Waals surface area contributed by atoms with E-state index >= 15 is 0 Å². The average molecular weight is 365 g/mol. The Kier molecular flexibility index (Phi) is 4.44. The van der Waals surface area contributed by atoms with E-state index in [2.05, 4.69) is 62.2 Å². The molecule has 1 unspecified atom stereocenters. The summed E-state index contributed by atoms with van der Waals surface area (Å²) in [5.41, 5.74) is 2.19. The summed E-state index contributed by atoms with van der Waals surface area (Å²) in [6.45, 7) is 6.15. The van der Waals surface area contributed by atoms with Crippen LogP contribution >= 0.6 is 15.9 Å². The summed E-state index contributed by atoms with van der Waals surface area (Å²) in [5, 5.41) is 10.2. The van der Waals surface area contributed by atoms with Crippen LogP contribution in [-0.4, -0.2) is 61.0 Å². The van der Waals surface area contributed by atoms with Gasteiger partial charge in [0.05, 0.1) is 18.8 Å². The molecule has 118 valence electrons. The van der Waals surface area contributed by atoms with Gasteiger partial charge in [-0.2, -0.15) is 5.11 Å². The number of nitrogens with zero attached hydrogens (tertiary/aromatic N) is 6. The van der Waals surface area contributed by atoms with Crippen molar-refractivity contribution < 1.29 is 0 Å². The highest BCUT2D eigenvalue weighted by Crippen LogP contribution is 2.37. The third-order valence-corrected chi connectivity index (χ3v) is 4.70. The van der Waals surface area contributed by atoms with Gasteiger partial charge in [-0.05, 0) is 32.2 Å². The summed E-state index contributed by atoms with van der Waals surface area (Å²) in [6, 6.07) is 6.33. The Morgan fingerprint density at radius 2 is 1.95 bits per heavy atom. The van der Waals surface area contributed by atoms with Crippen molar-refractivity contribution in [3.8, 4) is 0 Å². The first-order valence-electron chi connectivity index (χ1n) is 7.51. The Morgan fingerprint density at radius 1 is 1.23 bits per heavy atom. The molecule has 0 saturated carbocycles. The summed E-state index contributed by atoms with van der Waals surface area (Å²) in [4.78, 5) is 9.50. The monoisotopic (exact) mass is 364 g/mol. The minimum Gasteiger partial charge on any atom is -0.338 e. The first-order chi connectivity index (χ1) is 10.6. The average Bonchev–Trinajstić information content (AvgIpc) is 2.51. The number of halogens is 1. The van der Waals surface area contributed by atoms with E-state index in [1.807, 2.05) is 11.1 Å². The molecule has 1 saturated heterocycles. The maximum absolute atomic E-state index is 4.86. The van der Waals surface area contributed by atoms with Gasteiger partial charge >= 0.3 is 0 Å². The Labute approximate surface area is 139 Å². The zero-order valence-corrected chi connectivity index (χ0v) is 14.8. The SMILES string of the molecule is CN=NN1C(N2CCN(C)CC2)=Nc2ccc(Br)cc2C1C. The van der Waals surface area contributed by atoms with Crippen molar-refractivity contribution in [1.29, 1.82) is 0 Å². The van der Waals surface area contributed by atoms with Crippen LogP contribution in [0.5, 0.6) is 0 Å². The summed E-state index contributed by atoms with van der Waals surface area (Å²) in [5.74, 6) is 0.904. The second-order valence-electron chi connectivity index (χ2n) is 5.72. The van der Waals surface area contributed by atoms with E-state index in [1.165, 1.54) is 5.56 Å². The molecule has 2 aliphatic heterocycles. The smallest absolute Gasteiger partial charge is 0.224 e. The molecule has 1 atom stereocenters. The molecule has 1 aromatic carbocycles. The maximum atomic E-state index is 4.86. The lowest BCUT2D eigenvalue weighted by Gasteiger charge is -2.40. The number of piperazine rings is 1. The van der Waals surface area contributed by atoms with Gasteiger partial charge < -0.3 is 9.80 Å². The third kappa shape index (κ3) is 2.87. The molecule has 0 aromatic heterocycles. The van der Waals surface area contributed by atoms with Crippen LogP contribution in [-0.2, 0) is 0 Å². The highest BCUT2D eigenvalue weighted by molar-refractivity contribution is 9.10. The van der Waals surface area contributed by atoms with Gasteiger partial charge in [-0.1, -0.05) is 21.2 Å². The topological polar surface area (TPSA) is 46.8 Å². The second kappa shape index (κ2) is 6.34. The van der Waals surface area contributed by atoms with Crippen LogP contribution in [0.25, 0.3) is 0 Å². The van der Waals surface area contributed by atoms with Gasteiger partial charge in [-0.3, -0.25) is 0 Å². The molecular weight excluding hydrogens is 344 g/mol. The number of fused-ring (bicyclic) bond motifs is 1. The van der Waals surface area contributed by atoms with Crippen molar-refractivity contribution in [3.05, 3.63) is 28.2 Å². The molecule has 6 nitrogen and oxygen atoms in total. The van der Waals surface area contributed by atoms with Crippen LogP contribution in [0.2, 0.25) is 0 Å². The van der Waals surface area contributed by atoms with Gasteiger partial charge in [-0.25, -0.2) is 10.0 Å². The number of guanidine groups is 1. The van der Waals surface area contributed by atoms with Gasteiger partial charge in [0.2, 0.25) is 5.96 Å². The van der Waals surface area contributed by atoms with Gasteiger partial charge in [0, 0.05) is 36.2 Å². The van der Waals surface area contributed by atoms with Crippen molar-refractivity contribution in [1.82, 2.24) is 14.8 Å². The summed E-state index contributed by atoms with van der Waals surface area (Å²) in [6.07, 6.45) is 0. The Balaban J connectivity index is 1.99. The zero-order chi connectivity index (χ0) is 15.7. The van der Waals surface area contributed by atoms with E-state index < -0.39 is 0 Å². The lowest BCUT2D eigenvalue weighted by atomic mass is 10.0. The zero-order valence-electron chi connectivity index (χ0n) is 13.2. The summed E-state index contributed by atoms with van der Waals surface area (Å²) >= 11 is 3.54. The summed E-state index contributed by atoms with van der Waals surface area (Å²) in [7, 11) is 3.85. The fraction of sp³-hybridized carbons (Fsp3) is 0.533. The molecule has 0 aliphatic carbocycles. The maximum Gasteiger partial charge on any atom is 0.224 e. The highest BCUT2D eigenvalue weighted by atomic mass is 79.9. The molecule has 0 amide bonds. The molecule has 3 rings (SSSR count). The van der Waals surface area contributed by atoms with Gasteiger partial charge in [0.25, 0.3) is 0 Å². The third-order valence-electron chi connectivity index (χ3n) is 4.20. The number of hydrogen-bond acceptors (Lipinski definition) is 5. The molecule has 0 bridgehead atoms. The number of hydrogen-bond donors (Lipinski definition) is 0. The molecular formula is C15H21BrN6. The van der Waals surface area contributed by atoms with Crippen LogP contribution in [0.4, 0.5) is 5.69 Å². The fourth-order valence-electron chi connectivity index (χ4n) is 2.86. The highest BCUT2D eigenvalue weighted by Gasteiger charge is 2.31. The van der Waals surface area contributed by atoms with Crippen molar-refractivity contribution in [2.45, 2.75) is 13.0 Å². The minimum atomic E-state index is 0.114. The van der Waals surface area contributed by atoms with Crippen LogP contribution in [0.15, 0.2) is 38.0 Å². The lowest BCUT2D eigenvalue weighted by Crippen LogP contribution is -2.52. The van der Waals surface area contributed by atoms with Crippen molar-refractivity contribution in [3.63, 3.8) is 0 Å². The molecule has 0 radical (unpaired) electrons. The van der Waals surface area contributed by atoms with Gasteiger partial charge in [0.15, 0.2) is 0 Å². The van der Waals surface area contributed by atoms with E-state index in [0.717, 1.165) is 42.3 Å². The Hall–Kier alpha value is -1.47. The predicted octanol–water partition coefficient (Wildman–Crippen LogP) is 3.06. The predicted molar refractivity (Wildman–Crippen MR) is 91.3 cm³/mol. The first-order valence-corrected chi connectivity index (χ1v) is 8.30. The quantitative estimate of drug-likeness (QED) is 0.719. The van der Waals surface area contributed by atoms with Crippen molar-refractivity contribution >= 4 is 27.6 Å². The largest absolute Gasteiger partial charge is 0.338 e. The molecule has 1 fully saturated rings. The van der Waals surface area contributed by atoms with Gasteiger partial charge in [-0.15, -0.1) is 0 Å². The van der Waals surface area contributed by atoms with Crippen molar-refractivity contribution in [2.24, 2.45) is 15.3 Å². The van der Waals surface area contributed by atoms with E-state index in [0.29, 0.717) is 0 Å². The molecule has 7 heteroatoms. The molecule has 1 aromatic rings. The lowest BCUT2D eigenvalue weighted by molar-refractivity contribution is 0.183. The molecule has 0 N–H and O–H groups in total. The standard InChI is InChI=1S/C15H21BrN6/c1-11-13-10-12(16)4-5-14(13)18-15(22(11)19-17-2)21-8-6-20(3)7-9-21/h4-5,10-11H,6-9H2,1-3H3. The fourth-order valence-corrected chi connectivity index (χ4v) is 3.24.